The first-order chi connectivity index (χ1) is 7.81. The summed E-state index contributed by atoms with van der Waals surface area (Å²) in [6.07, 6.45) is -0.291. The summed E-state index contributed by atoms with van der Waals surface area (Å²) < 4.78 is 25.3. The standard InChI is InChI=1S/C10H12N2O3S2/c1-7-2-4-8(5-3-7)17(14,15)12-10(13)6-9(11)16/h2-5H,6H2,1H3,(H2,11,16)(H,12,13). The van der Waals surface area contributed by atoms with Gasteiger partial charge in [0.15, 0.2) is 0 Å². The van der Waals surface area contributed by atoms with Crippen LogP contribution in [0.25, 0.3) is 0 Å². The smallest absolute Gasteiger partial charge is 0.264 e. The number of benzene rings is 1. The van der Waals surface area contributed by atoms with Crippen LogP contribution in [0.1, 0.15) is 12.0 Å². The van der Waals surface area contributed by atoms with Crippen LogP contribution in [0.5, 0.6) is 0 Å². The molecule has 17 heavy (non-hydrogen) atoms. The lowest BCUT2D eigenvalue weighted by Gasteiger charge is -2.06. The number of hydrogen-bond donors (Lipinski definition) is 2. The van der Waals surface area contributed by atoms with E-state index in [1.54, 1.807) is 12.1 Å². The summed E-state index contributed by atoms with van der Waals surface area (Å²) in [7, 11) is -3.84. The maximum atomic E-state index is 11.7. The summed E-state index contributed by atoms with van der Waals surface area (Å²) in [5, 5.41) is 0. The van der Waals surface area contributed by atoms with Gasteiger partial charge >= 0.3 is 0 Å². The molecule has 3 N–H and O–H groups in total. The number of sulfonamides is 1. The fourth-order valence-corrected chi connectivity index (χ4v) is 2.24. The van der Waals surface area contributed by atoms with Crippen molar-refractivity contribution < 1.29 is 13.2 Å². The van der Waals surface area contributed by atoms with E-state index in [1.165, 1.54) is 12.1 Å². The van der Waals surface area contributed by atoms with E-state index in [1.807, 2.05) is 11.6 Å². The summed E-state index contributed by atoms with van der Waals surface area (Å²) in [5.74, 6) is -0.738. The predicted molar refractivity (Wildman–Crippen MR) is 67.9 cm³/mol. The van der Waals surface area contributed by atoms with E-state index >= 15 is 0 Å². The van der Waals surface area contributed by atoms with Gasteiger partial charge in [-0.3, -0.25) is 4.79 Å². The molecule has 0 aromatic heterocycles. The van der Waals surface area contributed by atoms with Gasteiger partial charge in [-0.05, 0) is 19.1 Å². The van der Waals surface area contributed by atoms with Crippen LogP contribution in [-0.2, 0) is 14.8 Å². The third-order valence-electron chi connectivity index (χ3n) is 1.91. The van der Waals surface area contributed by atoms with Crippen molar-refractivity contribution in [2.45, 2.75) is 18.2 Å². The second kappa shape index (κ2) is 5.24. The van der Waals surface area contributed by atoms with E-state index in [0.29, 0.717) is 0 Å². The number of carbonyl (C=O) groups is 1. The Balaban J connectivity index is 2.86. The molecule has 0 bridgehead atoms. The van der Waals surface area contributed by atoms with E-state index in [2.05, 4.69) is 12.2 Å². The van der Waals surface area contributed by atoms with Crippen LogP contribution in [0.3, 0.4) is 0 Å². The zero-order valence-corrected chi connectivity index (χ0v) is 10.8. The molecule has 0 saturated heterocycles. The average molecular weight is 272 g/mol. The molecule has 92 valence electrons. The van der Waals surface area contributed by atoms with Gasteiger partial charge in [-0.2, -0.15) is 0 Å². The van der Waals surface area contributed by atoms with Crippen LogP contribution < -0.4 is 10.5 Å². The second-order valence-electron chi connectivity index (χ2n) is 3.48. The maximum Gasteiger partial charge on any atom is 0.264 e. The first-order valence-electron chi connectivity index (χ1n) is 4.72. The lowest BCUT2D eigenvalue weighted by Crippen LogP contribution is -2.33. The molecule has 0 spiro atoms. The zero-order valence-electron chi connectivity index (χ0n) is 9.14. The van der Waals surface area contributed by atoms with Gasteiger partial charge in [0.1, 0.15) is 0 Å². The van der Waals surface area contributed by atoms with Gasteiger partial charge in [-0.1, -0.05) is 29.9 Å². The zero-order chi connectivity index (χ0) is 13.1. The molecule has 0 saturated carbocycles. The number of rotatable bonds is 4. The van der Waals surface area contributed by atoms with Gasteiger partial charge in [0, 0.05) is 0 Å². The monoisotopic (exact) mass is 272 g/mol. The SMILES string of the molecule is Cc1ccc(S(=O)(=O)NC(=O)CC(N)=S)cc1. The molecular weight excluding hydrogens is 260 g/mol. The Morgan fingerprint density at radius 1 is 1.35 bits per heavy atom. The van der Waals surface area contributed by atoms with Gasteiger partial charge < -0.3 is 5.73 Å². The highest BCUT2D eigenvalue weighted by molar-refractivity contribution is 7.90. The molecule has 1 aromatic rings. The Bertz CT molecular complexity index is 535. The molecule has 0 aliphatic rings. The average Bonchev–Trinajstić information content (AvgIpc) is 2.15. The summed E-state index contributed by atoms with van der Waals surface area (Å²) in [4.78, 5) is 11.2. The molecule has 0 aliphatic carbocycles. The van der Waals surface area contributed by atoms with Crippen LogP contribution in [-0.4, -0.2) is 19.3 Å². The minimum Gasteiger partial charge on any atom is -0.393 e. The lowest BCUT2D eigenvalue weighted by molar-refractivity contribution is -0.118. The van der Waals surface area contributed by atoms with Crippen molar-refractivity contribution in [3.05, 3.63) is 29.8 Å². The maximum absolute atomic E-state index is 11.7. The van der Waals surface area contributed by atoms with Crippen molar-refractivity contribution in [2.75, 3.05) is 0 Å². The minimum absolute atomic E-state index is 0.0272. The predicted octanol–water partition coefficient (Wildman–Crippen LogP) is 0.476. The van der Waals surface area contributed by atoms with E-state index < -0.39 is 15.9 Å². The van der Waals surface area contributed by atoms with E-state index in [9.17, 15) is 13.2 Å². The molecule has 0 fully saturated rings. The van der Waals surface area contributed by atoms with Gasteiger partial charge in [0.2, 0.25) is 5.91 Å². The minimum atomic E-state index is -3.84. The number of nitrogens with two attached hydrogens (primary N) is 1. The van der Waals surface area contributed by atoms with Crippen molar-refractivity contribution in [2.24, 2.45) is 5.73 Å². The fourth-order valence-electron chi connectivity index (χ4n) is 1.12. The van der Waals surface area contributed by atoms with Crippen molar-refractivity contribution >= 4 is 33.1 Å². The molecule has 5 nitrogen and oxygen atoms in total. The summed E-state index contributed by atoms with van der Waals surface area (Å²) >= 11 is 4.52. The van der Waals surface area contributed by atoms with Crippen LogP contribution in [0.15, 0.2) is 29.2 Å². The van der Waals surface area contributed by atoms with Gasteiger partial charge in [-0.15, -0.1) is 0 Å². The molecule has 7 heteroatoms. The first kappa shape index (κ1) is 13.6. The van der Waals surface area contributed by atoms with E-state index in [0.717, 1.165) is 5.56 Å². The second-order valence-corrected chi connectivity index (χ2v) is 5.69. The number of thiocarbonyl (C=S) groups is 1. The molecular formula is C10H12N2O3S2. The van der Waals surface area contributed by atoms with Crippen LogP contribution in [0, 0.1) is 6.92 Å². The Hall–Kier alpha value is -1.47. The normalized spacial score (nSPS) is 10.9. The Kier molecular flexibility index (Phi) is 4.19. The van der Waals surface area contributed by atoms with Crippen LogP contribution >= 0.6 is 12.2 Å². The quantitative estimate of drug-likeness (QED) is 0.778. The fraction of sp³-hybridized carbons (Fsp3) is 0.200. The van der Waals surface area contributed by atoms with E-state index in [-0.39, 0.29) is 16.3 Å². The van der Waals surface area contributed by atoms with Crippen molar-refractivity contribution in [1.29, 1.82) is 0 Å². The summed E-state index contributed by atoms with van der Waals surface area (Å²) in [6, 6.07) is 6.14. The van der Waals surface area contributed by atoms with Crippen molar-refractivity contribution in [3.63, 3.8) is 0 Å². The number of hydrogen-bond acceptors (Lipinski definition) is 4. The van der Waals surface area contributed by atoms with Crippen molar-refractivity contribution in [3.8, 4) is 0 Å². The summed E-state index contributed by atoms with van der Waals surface area (Å²) in [6.45, 7) is 1.84. The van der Waals surface area contributed by atoms with E-state index in [4.69, 9.17) is 5.73 Å². The summed E-state index contributed by atoms with van der Waals surface area (Å²) in [5.41, 5.74) is 6.08. The third-order valence-corrected chi connectivity index (χ3v) is 3.45. The third kappa shape index (κ3) is 4.12. The molecule has 0 heterocycles. The van der Waals surface area contributed by atoms with Crippen LogP contribution in [0.2, 0.25) is 0 Å². The molecule has 0 unspecified atom stereocenters. The highest BCUT2D eigenvalue weighted by Gasteiger charge is 2.17. The molecule has 1 amide bonds. The van der Waals surface area contributed by atoms with Crippen LogP contribution in [0.4, 0.5) is 0 Å². The lowest BCUT2D eigenvalue weighted by atomic mass is 10.2. The largest absolute Gasteiger partial charge is 0.393 e. The number of carbonyl (C=O) groups excluding carboxylic acids is 1. The first-order valence-corrected chi connectivity index (χ1v) is 6.61. The molecule has 1 aromatic carbocycles. The number of amides is 1. The Labute approximate surface area is 105 Å². The van der Waals surface area contributed by atoms with Gasteiger partial charge in [0.05, 0.1) is 16.3 Å². The Morgan fingerprint density at radius 2 is 1.88 bits per heavy atom. The molecule has 0 radical (unpaired) electrons. The molecule has 0 atom stereocenters. The number of nitrogens with one attached hydrogen (secondary N) is 1. The highest BCUT2D eigenvalue weighted by Crippen LogP contribution is 2.09. The molecule has 1 rings (SSSR count). The Morgan fingerprint density at radius 3 is 2.35 bits per heavy atom. The van der Waals surface area contributed by atoms with Gasteiger partial charge in [0.25, 0.3) is 10.0 Å². The topological polar surface area (TPSA) is 89.3 Å². The molecule has 0 aliphatic heterocycles. The van der Waals surface area contributed by atoms with Gasteiger partial charge in [-0.25, -0.2) is 13.1 Å². The number of aryl methyl sites for hydroxylation is 1. The highest BCUT2D eigenvalue weighted by atomic mass is 32.2. The van der Waals surface area contributed by atoms with Crippen molar-refractivity contribution in [1.82, 2.24) is 4.72 Å².